The van der Waals surface area contributed by atoms with E-state index in [9.17, 15) is 4.79 Å². The number of methoxy groups -OCH3 is 1. The average Bonchev–Trinajstić information content (AvgIpc) is 2.47. The Balaban J connectivity index is 2.15. The lowest BCUT2D eigenvalue weighted by Gasteiger charge is -2.18. The van der Waals surface area contributed by atoms with E-state index >= 15 is 0 Å². The molecule has 0 aliphatic heterocycles. The van der Waals surface area contributed by atoms with Crippen LogP contribution in [0.3, 0.4) is 0 Å². The van der Waals surface area contributed by atoms with E-state index < -0.39 is 0 Å². The van der Waals surface area contributed by atoms with Crippen LogP contribution in [0.15, 0.2) is 46.9 Å². The van der Waals surface area contributed by atoms with E-state index in [1.807, 2.05) is 24.3 Å². The van der Waals surface area contributed by atoms with Crippen molar-refractivity contribution in [1.82, 2.24) is 4.90 Å². The van der Waals surface area contributed by atoms with Gasteiger partial charge in [0.1, 0.15) is 5.75 Å². The highest BCUT2D eigenvalue weighted by Gasteiger charge is 2.14. The lowest BCUT2D eigenvalue weighted by atomic mass is 10.1. The van der Waals surface area contributed by atoms with E-state index in [2.05, 4.69) is 15.9 Å². The van der Waals surface area contributed by atoms with Crippen molar-refractivity contribution < 1.29 is 9.53 Å². The van der Waals surface area contributed by atoms with Crippen molar-refractivity contribution in [1.29, 1.82) is 0 Å². The third kappa shape index (κ3) is 3.76. The summed E-state index contributed by atoms with van der Waals surface area (Å²) in [7, 11) is 3.30. The Kier molecular flexibility index (Phi) is 4.85. The smallest absolute Gasteiger partial charge is 0.254 e. The monoisotopic (exact) mass is 348 g/mol. The maximum absolute atomic E-state index is 12.4. The first-order valence-electron chi connectivity index (χ1n) is 6.44. The van der Waals surface area contributed by atoms with Gasteiger partial charge < -0.3 is 15.4 Å². The molecule has 110 valence electrons. The van der Waals surface area contributed by atoms with Gasteiger partial charge >= 0.3 is 0 Å². The van der Waals surface area contributed by atoms with Crippen molar-refractivity contribution in [3.05, 3.63) is 58.1 Å². The highest BCUT2D eigenvalue weighted by Crippen LogP contribution is 2.23. The molecule has 0 aliphatic rings. The van der Waals surface area contributed by atoms with Gasteiger partial charge in [-0.1, -0.05) is 28.1 Å². The second-order valence-corrected chi connectivity index (χ2v) is 5.66. The number of carbonyl (C=O) groups excluding carboxylic acids is 1. The van der Waals surface area contributed by atoms with Gasteiger partial charge in [0.25, 0.3) is 5.91 Å². The summed E-state index contributed by atoms with van der Waals surface area (Å²) in [5, 5.41) is 0. The predicted octanol–water partition coefficient (Wildman–Crippen LogP) is 3.31. The number of nitrogens with zero attached hydrogens (tertiary/aromatic N) is 1. The van der Waals surface area contributed by atoms with E-state index in [1.54, 1.807) is 30.1 Å². The highest BCUT2D eigenvalue weighted by molar-refractivity contribution is 9.10. The zero-order valence-electron chi connectivity index (χ0n) is 12.0. The van der Waals surface area contributed by atoms with Gasteiger partial charge in [0.15, 0.2) is 0 Å². The summed E-state index contributed by atoms with van der Waals surface area (Å²) in [6.45, 7) is 0.533. The van der Waals surface area contributed by atoms with Crippen LogP contribution < -0.4 is 10.5 Å². The standard InChI is InChI=1S/C16H17BrN2O2/c1-19(10-11-4-3-5-13(17)8-11)16(20)12-6-7-14(18)15(9-12)21-2/h3-9H,10,18H2,1-2H3. The fraction of sp³-hybridized carbons (Fsp3) is 0.188. The lowest BCUT2D eigenvalue weighted by molar-refractivity contribution is 0.0785. The minimum Gasteiger partial charge on any atom is -0.495 e. The predicted molar refractivity (Wildman–Crippen MR) is 87.3 cm³/mol. The van der Waals surface area contributed by atoms with Crippen LogP contribution in [0.25, 0.3) is 0 Å². The molecule has 0 saturated heterocycles. The SMILES string of the molecule is COc1cc(C(=O)N(C)Cc2cccc(Br)c2)ccc1N. The largest absolute Gasteiger partial charge is 0.495 e. The van der Waals surface area contributed by atoms with Gasteiger partial charge in [0.05, 0.1) is 12.8 Å². The Labute approximate surface area is 132 Å². The molecule has 0 saturated carbocycles. The number of hydrogen-bond acceptors (Lipinski definition) is 3. The Morgan fingerprint density at radius 2 is 2.05 bits per heavy atom. The van der Waals surface area contributed by atoms with E-state index in [-0.39, 0.29) is 5.91 Å². The third-order valence-electron chi connectivity index (χ3n) is 3.14. The van der Waals surface area contributed by atoms with Gasteiger partial charge in [-0.15, -0.1) is 0 Å². The van der Waals surface area contributed by atoms with Crippen molar-refractivity contribution in [3.63, 3.8) is 0 Å². The molecule has 2 aromatic carbocycles. The maximum Gasteiger partial charge on any atom is 0.254 e. The Morgan fingerprint density at radius 3 is 2.71 bits per heavy atom. The van der Waals surface area contributed by atoms with E-state index in [4.69, 9.17) is 10.5 Å². The fourth-order valence-electron chi connectivity index (χ4n) is 2.05. The van der Waals surface area contributed by atoms with Crippen molar-refractivity contribution in [3.8, 4) is 5.75 Å². The van der Waals surface area contributed by atoms with Crippen LogP contribution in [0, 0.1) is 0 Å². The van der Waals surface area contributed by atoms with Gasteiger partial charge in [0, 0.05) is 23.6 Å². The molecule has 4 nitrogen and oxygen atoms in total. The summed E-state index contributed by atoms with van der Waals surface area (Å²) >= 11 is 3.43. The number of halogens is 1. The van der Waals surface area contributed by atoms with Gasteiger partial charge in [-0.05, 0) is 35.9 Å². The molecule has 2 aromatic rings. The van der Waals surface area contributed by atoms with Crippen LogP contribution in [0.4, 0.5) is 5.69 Å². The molecular weight excluding hydrogens is 332 g/mol. The molecule has 0 fully saturated rings. The van der Waals surface area contributed by atoms with Crippen molar-refractivity contribution >= 4 is 27.5 Å². The van der Waals surface area contributed by atoms with Crippen molar-refractivity contribution in [2.45, 2.75) is 6.54 Å². The first-order valence-corrected chi connectivity index (χ1v) is 7.24. The van der Waals surface area contributed by atoms with Gasteiger partial charge in [-0.2, -0.15) is 0 Å². The zero-order valence-corrected chi connectivity index (χ0v) is 13.6. The van der Waals surface area contributed by atoms with Crippen molar-refractivity contribution in [2.24, 2.45) is 0 Å². The zero-order chi connectivity index (χ0) is 15.4. The summed E-state index contributed by atoms with van der Waals surface area (Å²) in [6, 6.07) is 12.9. The number of benzene rings is 2. The highest BCUT2D eigenvalue weighted by atomic mass is 79.9. The van der Waals surface area contributed by atoms with E-state index in [1.165, 1.54) is 7.11 Å². The molecular formula is C16H17BrN2O2. The maximum atomic E-state index is 12.4. The third-order valence-corrected chi connectivity index (χ3v) is 3.63. The Hall–Kier alpha value is -2.01. The molecule has 0 heterocycles. The average molecular weight is 349 g/mol. The van der Waals surface area contributed by atoms with Gasteiger partial charge in [-0.25, -0.2) is 0 Å². The van der Waals surface area contributed by atoms with E-state index in [0.717, 1.165) is 10.0 Å². The van der Waals surface area contributed by atoms with Crippen LogP contribution in [0.5, 0.6) is 5.75 Å². The summed E-state index contributed by atoms with van der Waals surface area (Å²) in [5.41, 5.74) is 7.89. The molecule has 2 N–H and O–H groups in total. The van der Waals surface area contributed by atoms with Crippen LogP contribution in [0.1, 0.15) is 15.9 Å². The molecule has 0 bridgehead atoms. The quantitative estimate of drug-likeness (QED) is 0.862. The number of rotatable bonds is 4. The summed E-state index contributed by atoms with van der Waals surface area (Å²) in [6.07, 6.45) is 0. The molecule has 2 rings (SSSR count). The number of amides is 1. The minimum atomic E-state index is -0.0757. The Morgan fingerprint density at radius 1 is 1.29 bits per heavy atom. The second kappa shape index (κ2) is 6.63. The van der Waals surface area contributed by atoms with Gasteiger partial charge in [-0.3, -0.25) is 4.79 Å². The number of nitrogen functional groups attached to an aromatic ring is 1. The molecule has 0 aliphatic carbocycles. The fourth-order valence-corrected chi connectivity index (χ4v) is 2.49. The first-order chi connectivity index (χ1) is 10.0. The number of hydrogen-bond donors (Lipinski definition) is 1. The van der Waals surface area contributed by atoms with Crippen LogP contribution >= 0.6 is 15.9 Å². The minimum absolute atomic E-state index is 0.0757. The molecule has 5 heteroatoms. The summed E-state index contributed by atoms with van der Waals surface area (Å²) < 4.78 is 6.14. The second-order valence-electron chi connectivity index (χ2n) is 4.75. The summed E-state index contributed by atoms with van der Waals surface area (Å²) in [5.74, 6) is 0.435. The van der Waals surface area contributed by atoms with Crippen LogP contribution in [-0.4, -0.2) is 25.0 Å². The molecule has 21 heavy (non-hydrogen) atoms. The van der Waals surface area contributed by atoms with Crippen LogP contribution in [0.2, 0.25) is 0 Å². The first kappa shape index (κ1) is 15.4. The molecule has 0 radical (unpaired) electrons. The normalized spacial score (nSPS) is 10.2. The topological polar surface area (TPSA) is 55.6 Å². The molecule has 0 aromatic heterocycles. The molecule has 0 unspecified atom stereocenters. The van der Waals surface area contributed by atoms with Gasteiger partial charge in [0.2, 0.25) is 0 Å². The number of nitrogens with two attached hydrogens (primary N) is 1. The number of anilines is 1. The number of ether oxygens (including phenoxy) is 1. The molecule has 1 amide bonds. The molecule has 0 atom stereocenters. The van der Waals surface area contributed by atoms with Crippen molar-refractivity contribution in [2.75, 3.05) is 19.9 Å². The molecule has 0 spiro atoms. The Bertz CT molecular complexity index is 658. The lowest BCUT2D eigenvalue weighted by Crippen LogP contribution is -2.26. The number of carbonyl (C=O) groups is 1. The van der Waals surface area contributed by atoms with E-state index in [0.29, 0.717) is 23.5 Å². The van der Waals surface area contributed by atoms with Crippen LogP contribution in [-0.2, 0) is 6.54 Å². The summed E-state index contributed by atoms with van der Waals surface area (Å²) in [4.78, 5) is 14.1.